The van der Waals surface area contributed by atoms with Gasteiger partial charge in [0, 0.05) is 34.9 Å². The minimum atomic E-state index is -0.145. The Morgan fingerprint density at radius 3 is 2.79 bits per heavy atom. The fraction of sp³-hybridized carbons (Fsp3) is 0.280. The summed E-state index contributed by atoms with van der Waals surface area (Å²) in [6.07, 6.45) is 0.699. The maximum absolute atomic E-state index is 12.9. The van der Waals surface area contributed by atoms with E-state index in [-0.39, 0.29) is 17.9 Å². The summed E-state index contributed by atoms with van der Waals surface area (Å²) in [5.41, 5.74) is 3.55. The molecule has 1 aliphatic heterocycles. The average molecular weight is 476 g/mol. The zero-order valence-corrected chi connectivity index (χ0v) is 19.5. The van der Waals surface area contributed by atoms with Gasteiger partial charge in [0.15, 0.2) is 0 Å². The Labute approximate surface area is 201 Å². The first-order valence-corrected chi connectivity index (χ1v) is 11.6. The molecule has 5 rings (SSSR count). The molecule has 0 spiro atoms. The summed E-state index contributed by atoms with van der Waals surface area (Å²) in [6, 6.07) is 17.2. The highest BCUT2D eigenvalue weighted by atomic mass is 32.1. The number of hydrogen-bond donors (Lipinski definition) is 3. The number of amides is 1. The molecule has 0 radical (unpaired) electrons. The lowest BCUT2D eigenvalue weighted by molar-refractivity contribution is 0.0536. The molecule has 3 N–H and O–H groups in total. The number of benzene rings is 2. The van der Waals surface area contributed by atoms with E-state index < -0.39 is 0 Å². The lowest BCUT2D eigenvalue weighted by Crippen LogP contribution is -2.44. The molecule has 34 heavy (non-hydrogen) atoms. The van der Waals surface area contributed by atoms with E-state index in [9.17, 15) is 4.79 Å². The molecule has 1 amide bonds. The van der Waals surface area contributed by atoms with Crippen molar-refractivity contribution in [3.8, 4) is 5.75 Å². The van der Waals surface area contributed by atoms with Gasteiger partial charge in [-0.3, -0.25) is 20.0 Å². The van der Waals surface area contributed by atoms with Gasteiger partial charge in [-0.1, -0.05) is 18.2 Å². The first-order chi connectivity index (χ1) is 16.6. The molecule has 9 heteroatoms. The fourth-order valence-electron chi connectivity index (χ4n) is 4.27. The monoisotopic (exact) mass is 475 g/mol. The SMILES string of the molecule is Cc1cc(COc2ccc(C(=O)N[C@@H]3CCOC[C@H]3c3nc(=S)[nH][nH]3)cc2)c2ccccc2n1. The summed E-state index contributed by atoms with van der Waals surface area (Å²) in [5.74, 6) is 1.15. The van der Waals surface area contributed by atoms with Gasteiger partial charge < -0.3 is 14.8 Å². The van der Waals surface area contributed by atoms with Crippen LogP contribution in [-0.2, 0) is 11.3 Å². The van der Waals surface area contributed by atoms with Crippen LogP contribution in [0.4, 0.5) is 0 Å². The summed E-state index contributed by atoms with van der Waals surface area (Å²) in [5, 5.41) is 9.98. The van der Waals surface area contributed by atoms with Gasteiger partial charge >= 0.3 is 0 Å². The molecular weight excluding hydrogens is 450 g/mol. The molecule has 2 aromatic heterocycles. The van der Waals surface area contributed by atoms with E-state index in [1.807, 2.05) is 49.4 Å². The van der Waals surface area contributed by atoms with Gasteiger partial charge in [-0.25, -0.2) is 4.98 Å². The molecule has 4 aromatic rings. The number of carbonyl (C=O) groups is 1. The number of hydrogen-bond acceptors (Lipinski definition) is 6. The van der Waals surface area contributed by atoms with Gasteiger partial charge in [0.1, 0.15) is 18.2 Å². The van der Waals surface area contributed by atoms with Crippen LogP contribution in [0.3, 0.4) is 0 Å². The van der Waals surface area contributed by atoms with Crippen LogP contribution < -0.4 is 10.1 Å². The van der Waals surface area contributed by atoms with Crippen LogP contribution in [-0.4, -0.2) is 45.3 Å². The topological polar surface area (TPSA) is 105 Å². The number of carbonyl (C=O) groups excluding carboxylic acids is 1. The van der Waals surface area contributed by atoms with Crippen molar-refractivity contribution in [2.75, 3.05) is 13.2 Å². The molecule has 3 heterocycles. The van der Waals surface area contributed by atoms with E-state index in [0.717, 1.165) is 22.2 Å². The smallest absolute Gasteiger partial charge is 0.251 e. The van der Waals surface area contributed by atoms with Crippen LogP contribution in [0.1, 0.15) is 39.8 Å². The highest BCUT2D eigenvalue weighted by Crippen LogP contribution is 2.24. The lowest BCUT2D eigenvalue weighted by Gasteiger charge is -2.30. The van der Waals surface area contributed by atoms with Crippen LogP contribution in [0.5, 0.6) is 5.75 Å². The third-order valence-electron chi connectivity index (χ3n) is 5.98. The predicted octanol–water partition coefficient (Wildman–Crippen LogP) is 4.21. The Morgan fingerprint density at radius 2 is 2.00 bits per heavy atom. The van der Waals surface area contributed by atoms with Gasteiger partial charge in [0.2, 0.25) is 4.77 Å². The number of nitrogens with one attached hydrogen (secondary N) is 3. The van der Waals surface area contributed by atoms with Gasteiger partial charge in [0.25, 0.3) is 5.91 Å². The summed E-state index contributed by atoms with van der Waals surface area (Å²) >= 11 is 5.06. The van der Waals surface area contributed by atoms with Crippen LogP contribution in [0.2, 0.25) is 0 Å². The molecule has 1 aliphatic rings. The van der Waals surface area contributed by atoms with E-state index in [4.69, 9.17) is 21.7 Å². The van der Waals surface area contributed by atoms with Crippen LogP contribution in [0, 0.1) is 11.7 Å². The lowest BCUT2D eigenvalue weighted by atomic mass is 9.94. The average Bonchev–Trinajstić information content (AvgIpc) is 3.29. The van der Waals surface area contributed by atoms with Gasteiger partial charge in [-0.2, -0.15) is 0 Å². The molecule has 174 valence electrons. The second-order valence-electron chi connectivity index (χ2n) is 8.36. The van der Waals surface area contributed by atoms with Gasteiger partial charge in [0.05, 0.1) is 18.0 Å². The van der Waals surface area contributed by atoms with Crippen LogP contribution >= 0.6 is 12.2 Å². The standard InChI is InChI=1S/C25H25N5O3S/c1-15-12-17(19-4-2-3-5-21(19)26-15)13-33-18-8-6-16(7-9-18)24(31)27-22-10-11-32-14-20(22)23-28-25(34)30-29-23/h2-9,12,20,22H,10-11,13-14H2,1H3,(H,27,31)(H2,28,29,30,34)/t20-,22-/m1/s1. The van der Waals surface area contributed by atoms with Crippen molar-refractivity contribution in [2.24, 2.45) is 0 Å². The van der Waals surface area contributed by atoms with E-state index in [1.165, 1.54) is 0 Å². The number of para-hydroxylation sites is 1. The Balaban J connectivity index is 1.24. The van der Waals surface area contributed by atoms with Crippen molar-refractivity contribution in [1.29, 1.82) is 0 Å². The fourth-order valence-corrected chi connectivity index (χ4v) is 4.42. The zero-order chi connectivity index (χ0) is 23.5. The minimum absolute atomic E-state index is 0.0908. The Kier molecular flexibility index (Phi) is 6.37. The molecule has 2 aromatic carbocycles. The van der Waals surface area contributed by atoms with Crippen molar-refractivity contribution < 1.29 is 14.3 Å². The summed E-state index contributed by atoms with van der Waals surface area (Å²) in [7, 11) is 0. The minimum Gasteiger partial charge on any atom is -0.489 e. The Hall–Kier alpha value is -3.56. The maximum Gasteiger partial charge on any atom is 0.251 e. The third-order valence-corrected chi connectivity index (χ3v) is 6.18. The van der Waals surface area contributed by atoms with E-state index in [0.29, 0.717) is 48.1 Å². The molecule has 0 unspecified atom stereocenters. The molecule has 2 atom stereocenters. The Morgan fingerprint density at radius 1 is 1.18 bits per heavy atom. The van der Waals surface area contributed by atoms with Crippen molar-refractivity contribution in [3.05, 3.63) is 82.0 Å². The molecule has 8 nitrogen and oxygen atoms in total. The first kappa shape index (κ1) is 22.2. The number of aromatic nitrogens is 4. The summed E-state index contributed by atoms with van der Waals surface area (Å²) < 4.78 is 12.0. The van der Waals surface area contributed by atoms with Crippen molar-refractivity contribution in [3.63, 3.8) is 0 Å². The van der Waals surface area contributed by atoms with Crippen LogP contribution in [0.25, 0.3) is 10.9 Å². The van der Waals surface area contributed by atoms with Crippen LogP contribution in [0.15, 0.2) is 54.6 Å². The van der Waals surface area contributed by atoms with Crippen molar-refractivity contribution in [1.82, 2.24) is 25.5 Å². The van der Waals surface area contributed by atoms with E-state index in [1.54, 1.807) is 12.1 Å². The second-order valence-corrected chi connectivity index (χ2v) is 8.74. The molecule has 1 saturated heterocycles. The molecule has 0 saturated carbocycles. The number of aryl methyl sites for hydroxylation is 1. The third kappa shape index (κ3) is 4.85. The summed E-state index contributed by atoms with van der Waals surface area (Å²) in [4.78, 5) is 21.8. The number of H-pyrrole nitrogens is 2. The molecule has 0 aliphatic carbocycles. The van der Waals surface area contributed by atoms with Crippen molar-refractivity contribution in [2.45, 2.75) is 31.9 Å². The first-order valence-electron chi connectivity index (χ1n) is 11.2. The van der Waals surface area contributed by atoms with Gasteiger partial charge in [-0.05, 0) is 62.0 Å². The zero-order valence-electron chi connectivity index (χ0n) is 18.7. The van der Waals surface area contributed by atoms with Gasteiger partial charge in [-0.15, -0.1) is 0 Å². The molecule has 0 bridgehead atoms. The highest BCUT2D eigenvalue weighted by Gasteiger charge is 2.31. The number of nitrogens with zero attached hydrogens (tertiary/aromatic N) is 2. The largest absolute Gasteiger partial charge is 0.489 e. The second kappa shape index (κ2) is 9.74. The predicted molar refractivity (Wildman–Crippen MR) is 130 cm³/mol. The molecule has 1 fully saturated rings. The number of aromatic amines is 2. The number of fused-ring (bicyclic) bond motifs is 1. The van der Waals surface area contributed by atoms with Crippen molar-refractivity contribution >= 4 is 29.0 Å². The highest BCUT2D eigenvalue weighted by molar-refractivity contribution is 7.71. The number of pyridine rings is 1. The summed E-state index contributed by atoms with van der Waals surface area (Å²) in [6.45, 7) is 3.45. The quantitative estimate of drug-likeness (QED) is 0.361. The maximum atomic E-state index is 12.9. The normalized spacial score (nSPS) is 18.0. The number of rotatable bonds is 6. The number of ether oxygens (including phenoxy) is 2. The van der Waals surface area contributed by atoms with E-state index >= 15 is 0 Å². The molecular formula is C25H25N5O3S. The van der Waals surface area contributed by atoms with E-state index in [2.05, 4.69) is 25.5 Å². The Bertz CT molecular complexity index is 1360.